The molecule has 0 aliphatic rings. The van der Waals surface area contributed by atoms with Crippen LogP contribution in [0.25, 0.3) is 0 Å². The molecule has 4 heteroatoms. The Kier molecular flexibility index (Phi) is 9.64. The maximum Gasteiger partial charge on any atom is 0.292 e. The summed E-state index contributed by atoms with van der Waals surface area (Å²) in [4.78, 5) is 0. The number of ether oxygens (including phenoxy) is 2. The summed E-state index contributed by atoms with van der Waals surface area (Å²) >= 11 is 0. The predicted octanol–water partition coefficient (Wildman–Crippen LogP) is 5.02. The van der Waals surface area contributed by atoms with Crippen molar-refractivity contribution in [3.8, 4) is 12.5 Å². The lowest BCUT2D eigenvalue weighted by Crippen LogP contribution is -1.90. The molecule has 0 aromatic heterocycles. The van der Waals surface area contributed by atoms with E-state index < -0.39 is 0 Å². The molecule has 0 unspecified atom stereocenters. The minimum absolute atomic E-state index is 0.364. The van der Waals surface area contributed by atoms with Crippen LogP contribution in [-0.2, 0) is 9.47 Å². The molecule has 116 valence electrons. The SMILES string of the molecule is C=C(OC#N)/C(C)=C\C/C(=C\C)C/C=C(C)\C(=C/C)OC#N. The number of hydrogen-bond donors (Lipinski definition) is 0. The lowest BCUT2D eigenvalue weighted by molar-refractivity contribution is 0.384. The van der Waals surface area contributed by atoms with Crippen LogP contribution >= 0.6 is 0 Å². The van der Waals surface area contributed by atoms with Gasteiger partial charge in [-0.1, -0.05) is 30.4 Å². The molecule has 0 N–H and O–H groups in total. The zero-order valence-electron chi connectivity index (χ0n) is 13.6. The van der Waals surface area contributed by atoms with Crippen molar-refractivity contribution < 1.29 is 9.47 Å². The van der Waals surface area contributed by atoms with Crippen LogP contribution in [0.3, 0.4) is 0 Å². The zero-order chi connectivity index (χ0) is 17.0. The van der Waals surface area contributed by atoms with Gasteiger partial charge in [0.25, 0.3) is 12.5 Å². The van der Waals surface area contributed by atoms with Crippen molar-refractivity contribution in [1.82, 2.24) is 0 Å². The molecule has 0 spiro atoms. The molecule has 0 amide bonds. The third-order valence-electron chi connectivity index (χ3n) is 3.16. The van der Waals surface area contributed by atoms with Crippen molar-refractivity contribution >= 4 is 0 Å². The van der Waals surface area contributed by atoms with E-state index in [0.29, 0.717) is 11.5 Å². The predicted molar refractivity (Wildman–Crippen MR) is 86.8 cm³/mol. The van der Waals surface area contributed by atoms with Crippen LogP contribution in [0.1, 0.15) is 40.5 Å². The molecule has 0 aliphatic heterocycles. The molecular formula is C18H22N2O2. The van der Waals surface area contributed by atoms with E-state index in [2.05, 4.69) is 6.58 Å². The van der Waals surface area contributed by atoms with Gasteiger partial charge in [-0.2, -0.15) is 0 Å². The van der Waals surface area contributed by atoms with E-state index in [1.54, 1.807) is 18.6 Å². The Hall–Kier alpha value is -2.72. The second-order valence-corrected chi connectivity index (χ2v) is 4.59. The van der Waals surface area contributed by atoms with Crippen LogP contribution in [0.2, 0.25) is 0 Å². The van der Waals surface area contributed by atoms with Crippen molar-refractivity contribution in [2.24, 2.45) is 0 Å². The Balaban J connectivity index is 4.78. The molecule has 0 aliphatic carbocycles. The Bertz CT molecular complexity index is 594. The van der Waals surface area contributed by atoms with Crippen LogP contribution in [0.5, 0.6) is 0 Å². The van der Waals surface area contributed by atoms with Gasteiger partial charge < -0.3 is 9.47 Å². The molecule has 0 bridgehead atoms. The third-order valence-corrected chi connectivity index (χ3v) is 3.16. The van der Waals surface area contributed by atoms with Gasteiger partial charge in [0, 0.05) is 0 Å². The Morgan fingerprint density at radius 2 is 1.50 bits per heavy atom. The summed E-state index contributed by atoms with van der Waals surface area (Å²) in [7, 11) is 0. The van der Waals surface area contributed by atoms with Gasteiger partial charge in [-0.25, -0.2) is 0 Å². The highest BCUT2D eigenvalue weighted by atomic mass is 16.5. The maximum absolute atomic E-state index is 8.58. The molecule has 0 radical (unpaired) electrons. The number of rotatable bonds is 8. The average molecular weight is 298 g/mol. The molecule has 4 nitrogen and oxygen atoms in total. The highest BCUT2D eigenvalue weighted by molar-refractivity contribution is 5.28. The first-order chi connectivity index (χ1) is 10.5. The van der Waals surface area contributed by atoms with Crippen molar-refractivity contribution in [3.05, 3.63) is 59.1 Å². The first-order valence-electron chi connectivity index (χ1n) is 6.95. The van der Waals surface area contributed by atoms with Gasteiger partial charge in [0.15, 0.2) is 0 Å². The fourth-order valence-electron chi connectivity index (χ4n) is 1.65. The van der Waals surface area contributed by atoms with E-state index in [-0.39, 0.29) is 0 Å². The third kappa shape index (κ3) is 7.17. The smallest absolute Gasteiger partial charge is 0.292 e. The number of nitrogens with zero attached hydrogens (tertiary/aromatic N) is 2. The highest BCUT2D eigenvalue weighted by Gasteiger charge is 2.02. The van der Waals surface area contributed by atoms with Gasteiger partial charge in [-0.15, -0.1) is 10.5 Å². The van der Waals surface area contributed by atoms with Gasteiger partial charge >= 0.3 is 0 Å². The maximum atomic E-state index is 8.58. The quantitative estimate of drug-likeness (QED) is 0.273. The molecule has 22 heavy (non-hydrogen) atoms. The first kappa shape index (κ1) is 19.3. The van der Waals surface area contributed by atoms with Gasteiger partial charge in [0.2, 0.25) is 0 Å². The van der Waals surface area contributed by atoms with Crippen LogP contribution in [0.15, 0.2) is 59.1 Å². The van der Waals surface area contributed by atoms with E-state index in [0.717, 1.165) is 24.0 Å². The van der Waals surface area contributed by atoms with Gasteiger partial charge in [0.05, 0.1) is 0 Å². The minimum Gasteiger partial charge on any atom is -0.388 e. The molecule has 0 saturated carbocycles. The normalized spacial score (nSPS) is 13.2. The molecular weight excluding hydrogens is 276 g/mol. The monoisotopic (exact) mass is 298 g/mol. The molecule has 0 rings (SSSR count). The lowest BCUT2D eigenvalue weighted by Gasteiger charge is -2.06. The lowest BCUT2D eigenvalue weighted by atomic mass is 10.0. The summed E-state index contributed by atoms with van der Waals surface area (Å²) in [6, 6.07) is 0. The fraction of sp³-hybridized carbons (Fsp3) is 0.333. The van der Waals surface area contributed by atoms with Crippen LogP contribution in [0, 0.1) is 23.0 Å². The molecule has 0 aromatic rings. The summed E-state index contributed by atoms with van der Waals surface area (Å²) in [5.41, 5.74) is 2.96. The summed E-state index contributed by atoms with van der Waals surface area (Å²) in [6.07, 6.45) is 12.6. The largest absolute Gasteiger partial charge is 0.388 e. The zero-order valence-corrected chi connectivity index (χ0v) is 13.6. The topological polar surface area (TPSA) is 66.0 Å². The van der Waals surface area contributed by atoms with Crippen LogP contribution < -0.4 is 0 Å². The second kappa shape index (κ2) is 11.0. The second-order valence-electron chi connectivity index (χ2n) is 4.59. The van der Waals surface area contributed by atoms with Gasteiger partial charge in [0.1, 0.15) is 11.5 Å². The Morgan fingerprint density at radius 1 is 0.955 bits per heavy atom. The van der Waals surface area contributed by atoms with E-state index in [1.807, 2.05) is 45.9 Å². The highest BCUT2D eigenvalue weighted by Crippen LogP contribution is 2.18. The Labute approximate surface area is 133 Å². The van der Waals surface area contributed by atoms with Crippen molar-refractivity contribution in [3.63, 3.8) is 0 Å². The van der Waals surface area contributed by atoms with E-state index in [1.165, 1.54) is 5.57 Å². The number of hydrogen-bond acceptors (Lipinski definition) is 4. The number of allylic oxidation sites excluding steroid dienone is 7. The molecule has 0 heterocycles. The van der Waals surface area contributed by atoms with Crippen molar-refractivity contribution in [2.75, 3.05) is 0 Å². The van der Waals surface area contributed by atoms with Crippen molar-refractivity contribution in [2.45, 2.75) is 40.5 Å². The Morgan fingerprint density at radius 3 is 1.95 bits per heavy atom. The van der Waals surface area contributed by atoms with Crippen LogP contribution in [0.4, 0.5) is 0 Å². The van der Waals surface area contributed by atoms with E-state index in [9.17, 15) is 0 Å². The van der Waals surface area contributed by atoms with Crippen LogP contribution in [-0.4, -0.2) is 0 Å². The average Bonchev–Trinajstić information content (AvgIpc) is 2.52. The minimum atomic E-state index is 0.364. The van der Waals surface area contributed by atoms with Gasteiger partial charge in [-0.3, -0.25) is 0 Å². The first-order valence-corrected chi connectivity index (χ1v) is 6.95. The van der Waals surface area contributed by atoms with Gasteiger partial charge in [-0.05, 0) is 57.8 Å². The molecule has 0 aromatic carbocycles. The summed E-state index contributed by atoms with van der Waals surface area (Å²) in [5.74, 6) is 0.934. The van der Waals surface area contributed by atoms with E-state index >= 15 is 0 Å². The number of nitriles is 2. The summed E-state index contributed by atoms with van der Waals surface area (Å²) in [5, 5.41) is 17.0. The molecule has 0 saturated heterocycles. The molecule has 0 fully saturated rings. The van der Waals surface area contributed by atoms with Crippen molar-refractivity contribution in [1.29, 1.82) is 10.5 Å². The van der Waals surface area contributed by atoms with E-state index in [4.69, 9.17) is 20.0 Å². The summed E-state index contributed by atoms with van der Waals surface area (Å²) < 4.78 is 9.58. The molecule has 0 atom stereocenters. The summed E-state index contributed by atoms with van der Waals surface area (Å²) in [6.45, 7) is 11.2. The fourth-order valence-corrected chi connectivity index (χ4v) is 1.65. The standard InChI is InChI=1S/C18H22N2O2/c1-6-17(10-8-14(3)16(5)21-12-19)11-9-15(4)18(7-2)22-13-20/h6-9H,5,10-11H2,1-4H3/b14-8-,15-9-,17-6+,18-7+.